The van der Waals surface area contributed by atoms with E-state index in [1.165, 1.54) is 49.8 Å². The highest BCUT2D eigenvalue weighted by molar-refractivity contribution is 5.85. The fourth-order valence-electron chi connectivity index (χ4n) is 4.81. The lowest BCUT2D eigenvalue weighted by Crippen LogP contribution is -2.42. The largest absolute Gasteiger partial charge is 0.494 e. The summed E-state index contributed by atoms with van der Waals surface area (Å²) in [4.78, 5) is 0. The molecule has 1 aliphatic carbocycles. The molecule has 0 amide bonds. The summed E-state index contributed by atoms with van der Waals surface area (Å²) in [7, 11) is 0. The molecule has 3 aliphatic rings. The monoisotopic (exact) mass is 366 g/mol. The fourth-order valence-corrected chi connectivity index (χ4v) is 4.81. The zero-order chi connectivity index (χ0) is 16.4. The minimum absolute atomic E-state index is 0. The van der Waals surface area contributed by atoms with Gasteiger partial charge in [0.2, 0.25) is 0 Å². The van der Waals surface area contributed by atoms with E-state index < -0.39 is 0 Å². The summed E-state index contributed by atoms with van der Waals surface area (Å²) in [6.07, 6.45) is 9.24. The first-order valence-corrected chi connectivity index (χ1v) is 9.72. The lowest BCUT2D eigenvalue weighted by Gasteiger charge is -2.42. The molecule has 4 nitrogen and oxygen atoms in total. The van der Waals surface area contributed by atoms with Crippen molar-refractivity contribution in [3.63, 3.8) is 0 Å². The summed E-state index contributed by atoms with van der Waals surface area (Å²) in [5, 5.41) is 3.88. The van der Waals surface area contributed by atoms with Gasteiger partial charge in [0.05, 0.1) is 12.7 Å². The van der Waals surface area contributed by atoms with E-state index >= 15 is 0 Å². The maximum absolute atomic E-state index is 6.17. The Morgan fingerprint density at radius 2 is 2.00 bits per heavy atom. The van der Waals surface area contributed by atoms with Gasteiger partial charge >= 0.3 is 0 Å². The van der Waals surface area contributed by atoms with Crippen molar-refractivity contribution in [3.8, 4) is 5.75 Å². The molecule has 4 rings (SSSR count). The van der Waals surface area contributed by atoms with Crippen LogP contribution in [0.4, 0.5) is 5.69 Å². The van der Waals surface area contributed by atoms with Crippen LogP contribution >= 0.6 is 12.4 Å². The molecule has 0 aromatic heterocycles. The summed E-state index contributed by atoms with van der Waals surface area (Å²) in [5.74, 6) is 2.36. The van der Waals surface area contributed by atoms with E-state index in [1.54, 1.807) is 0 Å². The molecule has 2 aliphatic heterocycles. The zero-order valence-electron chi connectivity index (χ0n) is 14.9. The Balaban J connectivity index is 0.00000182. The molecule has 3 atom stereocenters. The van der Waals surface area contributed by atoms with Gasteiger partial charge in [-0.15, -0.1) is 12.4 Å². The Bertz CT molecular complexity index is 563. The Morgan fingerprint density at radius 3 is 2.80 bits per heavy atom. The van der Waals surface area contributed by atoms with Crippen LogP contribution in [-0.4, -0.2) is 25.8 Å². The number of fused-ring (bicyclic) bond motifs is 3. The van der Waals surface area contributed by atoms with Crippen molar-refractivity contribution in [3.05, 3.63) is 23.8 Å². The number of anilines is 1. The molecule has 2 heterocycles. The van der Waals surface area contributed by atoms with Crippen molar-refractivity contribution in [2.75, 3.05) is 25.1 Å². The smallest absolute Gasteiger partial charge is 0.119 e. The summed E-state index contributed by atoms with van der Waals surface area (Å²) in [6, 6.07) is 7.02. The first-order chi connectivity index (χ1) is 11.9. The molecular formula is C20H31ClN2O2. The van der Waals surface area contributed by atoms with Crippen LogP contribution in [0, 0.1) is 11.8 Å². The topological polar surface area (TPSA) is 56.5 Å². The fraction of sp³-hybridized carbons (Fsp3) is 0.700. The van der Waals surface area contributed by atoms with E-state index in [0.717, 1.165) is 24.7 Å². The third-order valence-corrected chi connectivity index (χ3v) is 6.03. The molecule has 140 valence electrons. The molecule has 0 spiro atoms. The number of nitrogens with two attached hydrogens (primary N) is 1. The molecule has 1 saturated heterocycles. The van der Waals surface area contributed by atoms with Gasteiger partial charge in [0.25, 0.3) is 0 Å². The van der Waals surface area contributed by atoms with Gasteiger partial charge in [0, 0.05) is 29.8 Å². The lowest BCUT2D eigenvalue weighted by molar-refractivity contribution is 0.0729. The zero-order valence-corrected chi connectivity index (χ0v) is 15.7. The highest BCUT2D eigenvalue weighted by Crippen LogP contribution is 2.49. The van der Waals surface area contributed by atoms with Gasteiger partial charge in [0.15, 0.2) is 0 Å². The Hall–Kier alpha value is -0.970. The molecule has 2 fully saturated rings. The predicted molar refractivity (Wildman–Crippen MR) is 104 cm³/mol. The van der Waals surface area contributed by atoms with Crippen molar-refractivity contribution < 1.29 is 9.47 Å². The van der Waals surface area contributed by atoms with E-state index in [2.05, 4.69) is 23.5 Å². The van der Waals surface area contributed by atoms with Crippen LogP contribution in [0.1, 0.15) is 56.6 Å². The maximum atomic E-state index is 6.17. The second kappa shape index (κ2) is 8.61. The number of hydrogen-bond acceptors (Lipinski definition) is 4. The number of benzene rings is 1. The normalized spacial score (nSPS) is 28.4. The second-order valence-corrected chi connectivity index (χ2v) is 7.55. The molecule has 0 unspecified atom stereocenters. The second-order valence-electron chi connectivity index (χ2n) is 7.55. The molecule has 1 saturated carbocycles. The van der Waals surface area contributed by atoms with Gasteiger partial charge in [-0.2, -0.15) is 0 Å². The van der Waals surface area contributed by atoms with Gasteiger partial charge in [-0.05, 0) is 56.3 Å². The van der Waals surface area contributed by atoms with Crippen molar-refractivity contribution in [1.29, 1.82) is 0 Å². The standard InChI is InChI=1S/C20H30N2O2.ClH/c21-10-4-11-23-15-7-8-18-17(13-15)20-16(9-12-24-20)19(22-18)14-5-2-1-3-6-14;/h7-8,13-14,16,19-20,22H,1-6,9-12,21H2;1H/t16-,19+,20-;/m0./s1. The van der Waals surface area contributed by atoms with Crippen LogP contribution in [0.3, 0.4) is 0 Å². The first-order valence-electron chi connectivity index (χ1n) is 9.72. The molecule has 5 heteroatoms. The van der Waals surface area contributed by atoms with Crippen molar-refractivity contribution in [1.82, 2.24) is 0 Å². The molecular weight excluding hydrogens is 336 g/mol. The minimum atomic E-state index is 0. The maximum Gasteiger partial charge on any atom is 0.119 e. The number of halogens is 1. The highest BCUT2D eigenvalue weighted by atomic mass is 35.5. The number of nitrogens with one attached hydrogen (secondary N) is 1. The Kier molecular flexibility index (Phi) is 6.48. The van der Waals surface area contributed by atoms with Gasteiger partial charge in [-0.3, -0.25) is 0 Å². The van der Waals surface area contributed by atoms with E-state index in [9.17, 15) is 0 Å². The number of hydrogen-bond donors (Lipinski definition) is 2. The van der Waals surface area contributed by atoms with Crippen LogP contribution in [-0.2, 0) is 4.74 Å². The van der Waals surface area contributed by atoms with Crippen molar-refractivity contribution in [2.24, 2.45) is 17.6 Å². The summed E-state index contributed by atoms with van der Waals surface area (Å²) in [5.41, 5.74) is 8.09. The van der Waals surface area contributed by atoms with Gasteiger partial charge in [-0.25, -0.2) is 0 Å². The van der Waals surface area contributed by atoms with Crippen molar-refractivity contribution >= 4 is 18.1 Å². The summed E-state index contributed by atoms with van der Waals surface area (Å²) < 4.78 is 12.0. The molecule has 25 heavy (non-hydrogen) atoms. The van der Waals surface area contributed by atoms with Crippen LogP contribution in [0.15, 0.2) is 18.2 Å². The molecule has 1 aromatic carbocycles. The SMILES string of the molecule is Cl.NCCCOc1ccc2c(c1)[C@H]1OCC[C@H]1[C@@H](C1CCCCC1)N2. The summed E-state index contributed by atoms with van der Waals surface area (Å²) in [6.45, 7) is 2.24. The van der Waals surface area contributed by atoms with Gasteiger partial charge < -0.3 is 20.5 Å². The average Bonchev–Trinajstić information content (AvgIpc) is 3.12. The first kappa shape index (κ1) is 18.8. The van der Waals surface area contributed by atoms with Crippen LogP contribution < -0.4 is 15.8 Å². The predicted octanol–water partition coefficient (Wildman–Crippen LogP) is 4.29. The molecule has 3 N–H and O–H groups in total. The number of rotatable bonds is 5. The van der Waals surface area contributed by atoms with Crippen LogP contribution in [0.5, 0.6) is 5.75 Å². The van der Waals surface area contributed by atoms with E-state index in [4.69, 9.17) is 15.2 Å². The van der Waals surface area contributed by atoms with Crippen LogP contribution in [0.2, 0.25) is 0 Å². The number of ether oxygens (including phenoxy) is 2. The van der Waals surface area contributed by atoms with E-state index in [1.807, 2.05) is 0 Å². The third-order valence-electron chi connectivity index (χ3n) is 6.03. The van der Waals surface area contributed by atoms with E-state index in [-0.39, 0.29) is 18.5 Å². The molecule has 0 bridgehead atoms. The average molecular weight is 367 g/mol. The lowest BCUT2D eigenvalue weighted by atomic mass is 9.73. The third kappa shape index (κ3) is 3.91. The van der Waals surface area contributed by atoms with Crippen LogP contribution in [0.25, 0.3) is 0 Å². The molecule has 0 radical (unpaired) electrons. The quantitative estimate of drug-likeness (QED) is 0.763. The molecule has 1 aromatic rings. The summed E-state index contributed by atoms with van der Waals surface area (Å²) >= 11 is 0. The Morgan fingerprint density at radius 1 is 1.16 bits per heavy atom. The highest BCUT2D eigenvalue weighted by Gasteiger charge is 2.43. The van der Waals surface area contributed by atoms with Gasteiger partial charge in [0.1, 0.15) is 5.75 Å². The minimum Gasteiger partial charge on any atom is -0.494 e. The van der Waals surface area contributed by atoms with E-state index in [0.29, 0.717) is 25.1 Å². The van der Waals surface area contributed by atoms with Gasteiger partial charge in [-0.1, -0.05) is 19.3 Å². The van der Waals surface area contributed by atoms with Crippen molar-refractivity contribution in [2.45, 2.75) is 57.1 Å². The Labute approximate surface area is 157 Å².